The molecule has 0 radical (unpaired) electrons. The second-order valence-corrected chi connectivity index (χ2v) is 34.8. The van der Waals surface area contributed by atoms with Gasteiger partial charge in [-0.15, -0.1) is 0 Å². The van der Waals surface area contributed by atoms with E-state index in [9.17, 15) is 10.2 Å². The van der Waals surface area contributed by atoms with Crippen molar-refractivity contribution in [2.75, 3.05) is 52.9 Å². The Morgan fingerprint density at radius 3 is 0.565 bits per heavy atom. The van der Waals surface area contributed by atoms with Crippen molar-refractivity contribution in [2.45, 2.75) is 404 Å². The molecule has 2 N–H and O–H groups in total. The Hall–Kier alpha value is -0.240. The molecule has 0 aliphatic carbocycles. The average molecular weight is 1300 g/mol. The van der Waals surface area contributed by atoms with E-state index in [4.69, 9.17) is 18.9 Å². The van der Waals surface area contributed by atoms with Crippen LogP contribution in [-0.2, 0) is 18.9 Å². The molecule has 2 fully saturated rings. The summed E-state index contributed by atoms with van der Waals surface area (Å²) in [6.07, 6.45) is 62.5. The largest absolute Gasteiger partial charge is 0.394 e. The average Bonchev–Trinajstić information content (AvgIpc) is 3.69. The van der Waals surface area contributed by atoms with Gasteiger partial charge in [0, 0.05) is 26.4 Å². The molecule has 550 valence electrons. The molecule has 0 amide bonds. The second kappa shape index (κ2) is 58.5. The number of rotatable bonds is 2. The SMILES string of the molecule is CC1CCCC(C)CCCC(C)CCC2CCCC(C)CCCC(C)CCCC(C)CCOC(CO)COCCC(C)CCCC(C)CCCC(C)CCCC(CCC(C)CCCC(C)CCCC(C)CCCC(C)CCOC(CO)COCCC(C)CCC1)CC2. The molecule has 0 aromatic rings. The van der Waals surface area contributed by atoms with Crippen LogP contribution in [0.1, 0.15) is 392 Å². The van der Waals surface area contributed by atoms with Crippen LogP contribution in [0.15, 0.2) is 0 Å². The molecule has 2 aliphatic heterocycles. The fourth-order valence-electron chi connectivity index (χ4n) is 16.2. The highest BCUT2D eigenvalue weighted by molar-refractivity contribution is 4.73. The second-order valence-electron chi connectivity index (χ2n) is 34.8. The van der Waals surface area contributed by atoms with Crippen LogP contribution < -0.4 is 0 Å². The van der Waals surface area contributed by atoms with E-state index in [0.29, 0.717) is 36.9 Å². The number of hydrogen-bond acceptors (Lipinski definition) is 6. The summed E-state index contributed by atoms with van der Waals surface area (Å²) in [5.74, 6) is 12.9. The smallest absolute Gasteiger partial charge is 0.104 e. The lowest BCUT2D eigenvalue weighted by Crippen LogP contribution is -2.25. The highest BCUT2D eigenvalue weighted by Gasteiger charge is 2.21. The van der Waals surface area contributed by atoms with Crippen molar-refractivity contribution in [2.24, 2.45) is 94.7 Å². The van der Waals surface area contributed by atoms with Gasteiger partial charge in [0.2, 0.25) is 0 Å². The van der Waals surface area contributed by atoms with Crippen molar-refractivity contribution < 1.29 is 29.2 Å². The molecule has 18 unspecified atom stereocenters. The first kappa shape index (κ1) is 87.8. The predicted molar refractivity (Wildman–Crippen MR) is 403 cm³/mol. The van der Waals surface area contributed by atoms with Crippen LogP contribution in [0.2, 0.25) is 0 Å². The summed E-state index contributed by atoms with van der Waals surface area (Å²) < 4.78 is 24.4. The maximum Gasteiger partial charge on any atom is 0.104 e. The third-order valence-electron chi connectivity index (χ3n) is 24.1. The zero-order chi connectivity index (χ0) is 67.4. The van der Waals surface area contributed by atoms with Gasteiger partial charge in [0.05, 0.1) is 26.4 Å². The molecule has 18 atom stereocenters. The van der Waals surface area contributed by atoms with Crippen LogP contribution in [0, 0.1) is 94.7 Å². The van der Waals surface area contributed by atoms with Crippen LogP contribution in [0.5, 0.6) is 0 Å². The van der Waals surface area contributed by atoms with E-state index in [0.717, 1.165) is 123 Å². The van der Waals surface area contributed by atoms with Crippen LogP contribution in [0.3, 0.4) is 0 Å². The third-order valence-corrected chi connectivity index (χ3v) is 24.1. The van der Waals surface area contributed by atoms with Gasteiger partial charge in [0.15, 0.2) is 0 Å². The molecule has 6 nitrogen and oxygen atoms in total. The Morgan fingerprint density at radius 2 is 0.359 bits per heavy atom. The van der Waals surface area contributed by atoms with E-state index in [1.807, 2.05) is 0 Å². The Kier molecular flexibility index (Phi) is 55.9. The van der Waals surface area contributed by atoms with Gasteiger partial charge >= 0.3 is 0 Å². The predicted octanol–water partition coefficient (Wildman–Crippen LogP) is 25.9. The van der Waals surface area contributed by atoms with Crippen LogP contribution in [-0.4, -0.2) is 75.3 Å². The summed E-state index contributed by atoms with van der Waals surface area (Å²) >= 11 is 0. The van der Waals surface area contributed by atoms with Gasteiger partial charge in [-0.3, -0.25) is 0 Å². The molecule has 0 spiro atoms. The van der Waals surface area contributed by atoms with Gasteiger partial charge in [-0.05, 0) is 120 Å². The molecule has 92 heavy (non-hydrogen) atoms. The van der Waals surface area contributed by atoms with Gasteiger partial charge in [0.25, 0.3) is 0 Å². The number of ether oxygens (including phenoxy) is 4. The van der Waals surface area contributed by atoms with E-state index in [1.165, 1.54) is 270 Å². The van der Waals surface area contributed by atoms with Crippen molar-refractivity contribution in [3.8, 4) is 0 Å². The first-order valence-corrected chi connectivity index (χ1v) is 41.9. The van der Waals surface area contributed by atoms with Crippen molar-refractivity contribution >= 4 is 0 Å². The van der Waals surface area contributed by atoms with Crippen molar-refractivity contribution in [3.05, 3.63) is 0 Å². The van der Waals surface area contributed by atoms with Crippen molar-refractivity contribution in [3.63, 3.8) is 0 Å². The van der Waals surface area contributed by atoms with Gasteiger partial charge in [-0.2, -0.15) is 0 Å². The van der Waals surface area contributed by atoms with E-state index in [2.05, 4.69) is 96.9 Å². The number of hydrogen-bond donors (Lipinski definition) is 2. The lowest BCUT2D eigenvalue weighted by molar-refractivity contribution is -0.0471. The fourth-order valence-corrected chi connectivity index (χ4v) is 16.2. The Bertz CT molecular complexity index is 1550. The monoisotopic (exact) mass is 1300 g/mol. The first-order valence-electron chi connectivity index (χ1n) is 41.9. The highest BCUT2D eigenvalue weighted by Crippen LogP contribution is 2.35. The van der Waals surface area contributed by atoms with Gasteiger partial charge in [0.1, 0.15) is 12.2 Å². The van der Waals surface area contributed by atoms with E-state index in [-0.39, 0.29) is 25.4 Å². The van der Waals surface area contributed by atoms with E-state index >= 15 is 0 Å². The summed E-state index contributed by atoms with van der Waals surface area (Å²) in [6, 6.07) is 0. The molecular weight excluding hydrogens is 1130 g/mol. The third kappa shape index (κ3) is 51.9. The molecule has 6 heteroatoms. The zero-order valence-corrected chi connectivity index (χ0v) is 65.1. The van der Waals surface area contributed by atoms with Crippen molar-refractivity contribution in [1.29, 1.82) is 0 Å². The lowest BCUT2D eigenvalue weighted by atomic mass is 9.81. The summed E-state index contributed by atoms with van der Waals surface area (Å²) in [5, 5.41) is 20.1. The molecular formula is C86H170O6. The minimum Gasteiger partial charge on any atom is -0.394 e. The lowest BCUT2D eigenvalue weighted by Gasteiger charge is -2.25. The number of aliphatic hydroxyl groups excluding tert-OH is 2. The Balaban J connectivity index is 2.16. The molecule has 2 heterocycles. The van der Waals surface area contributed by atoms with Crippen LogP contribution in [0.25, 0.3) is 0 Å². The van der Waals surface area contributed by atoms with Gasteiger partial charge in [-0.25, -0.2) is 0 Å². The zero-order valence-electron chi connectivity index (χ0n) is 65.1. The first-order chi connectivity index (χ1) is 44.3. The van der Waals surface area contributed by atoms with Crippen molar-refractivity contribution in [1.82, 2.24) is 0 Å². The highest BCUT2D eigenvalue weighted by atomic mass is 16.5. The maximum atomic E-state index is 10.0. The van der Waals surface area contributed by atoms with Gasteiger partial charge < -0.3 is 29.2 Å². The van der Waals surface area contributed by atoms with Crippen LogP contribution >= 0.6 is 0 Å². The minimum atomic E-state index is -0.201. The fraction of sp³-hybridized carbons (Fsp3) is 1.00. The molecule has 0 saturated carbocycles. The summed E-state index contributed by atoms with van der Waals surface area (Å²) in [4.78, 5) is 0. The summed E-state index contributed by atoms with van der Waals surface area (Å²) in [7, 11) is 0. The molecule has 0 aromatic carbocycles. The summed E-state index contributed by atoms with van der Waals surface area (Å²) in [5.41, 5.74) is 0. The molecule has 0 aromatic heterocycles. The standard InChI is InChI=1S/C86H170O6/c1-69-27-15-29-71(3)37-21-43-79(11)57-61-89-67-85(65-87)91-63-59-81(13)45-23-39-73(5)30-16-28-70(2)36-20-42-78(10)52-53-83-49-25-47-75(7)33-17-31-72(4)38-22-44-80(12)58-62-90-68-86(66-88)92-64-60-82(14)46-24-40-74(6)32-18-34-76(8)48-26-50-84(56-55-83)54-51-77(9)41-19-35-69/h69-88H,15-68H2,1-14H3. The van der Waals surface area contributed by atoms with Gasteiger partial charge in [-0.1, -0.05) is 367 Å². The number of aliphatic hydroxyl groups is 2. The van der Waals surface area contributed by atoms with E-state index in [1.54, 1.807) is 0 Å². The molecule has 2 aliphatic rings. The molecule has 2 saturated heterocycles. The Labute approximate surface area is 578 Å². The molecule has 2 rings (SSSR count). The summed E-state index contributed by atoms with van der Waals surface area (Å²) in [6.45, 7) is 39.2. The normalized spacial score (nSPS) is 36.5. The topological polar surface area (TPSA) is 77.4 Å². The quantitative estimate of drug-likeness (QED) is 0.287. The minimum absolute atomic E-state index is 0.0435. The number of fused-ring (bicyclic) bond motifs is 3. The van der Waals surface area contributed by atoms with Crippen LogP contribution in [0.4, 0.5) is 0 Å². The van der Waals surface area contributed by atoms with E-state index < -0.39 is 0 Å². The molecule has 2 bridgehead atoms. The maximum absolute atomic E-state index is 10.0. The Morgan fingerprint density at radius 1 is 0.196 bits per heavy atom.